The number of rotatable bonds is 2. The molecule has 0 fully saturated rings. The lowest BCUT2D eigenvalue weighted by molar-refractivity contribution is 0.660. The molecule has 0 aromatic heterocycles. The maximum absolute atomic E-state index is 3.28. The summed E-state index contributed by atoms with van der Waals surface area (Å²) in [7, 11) is 1.96. The summed E-state index contributed by atoms with van der Waals surface area (Å²) >= 11 is 0. The van der Waals surface area contributed by atoms with E-state index in [2.05, 4.69) is 73.5 Å². The highest BCUT2D eigenvalue weighted by Gasteiger charge is 2.34. The van der Waals surface area contributed by atoms with Crippen LogP contribution in [0.4, 0.5) is 0 Å². The van der Waals surface area contributed by atoms with E-state index in [0.717, 1.165) is 18.5 Å². The zero-order valence-electron chi connectivity index (χ0n) is 13.0. The number of hydrogen-bond acceptors (Lipinski definition) is 1. The smallest absolute Gasteiger partial charge is 0.0248 e. The van der Waals surface area contributed by atoms with Crippen molar-refractivity contribution in [2.45, 2.75) is 25.7 Å². The molecule has 2 aromatic rings. The van der Waals surface area contributed by atoms with Crippen LogP contribution in [0.15, 0.2) is 42.5 Å². The molecule has 0 radical (unpaired) electrons. The average molecular weight is 275 g/mol. The monoisotopic (exact) mass is 275 g/mol. The van der Waals surface area contributed by atoms with Crippen LogP contribution < -0.4 is 5.32 Å². The van der Waals surface area contributed by atoms with Crippen LogP contribution in [-0.4, -0.2) is 13.6 Å². The molecule has 0 atom stereocenters. The Kier molecular flexibility index (Phi) is 3.57. The molecule has 0 bridgehead atoms. The van der Waals surface area contributed by atoms with Crippen LogP contribution in [0, 0.1) is 11.8 Å². The number of hydrogen-bond donors (Lipinski definition) is 1. The highest BCUT2D eigenvalue weighted by molar-refractivity contribution is 5.81. The van der Waals surface area contributed by atoms with Gasteiger partial charge in [0.2, 0.25) is 0 Å². The third-order valence-corrected chi connectivity index (χ3v) is 4.32. The van der Waals surface area contributed by atoms with Crippen molar-refractivity contribution in [1.82, 2.24) is 5.32 Å². The molecule has 1 heteroatoms. The number of fused-ring (bicyclic) bond motifs is 3. The highest BCUT2D eigenvalue weighted by atomic mass is 14.8. The summed E-state index contributed by atoms with van der Waals surface area (Å²) in [6.45, 7) is 5.54. The van der Waals surface area contributed by atoms with Crippen molar-refractivity contribution in [3.8, 4) is 23.0 Å². The molecule has 0 amide bonds. The van der Waals surface area contributed by atoms with Crippen LogP contribution in [0.3, 0.4) is 0 Å². The molecule has 0 heterocycles. The molecule has 0 saturated heterocycles. The van der Waals surface area contributed by atoms with E-state index >= 15 is 0 Å². The molecule has 3 rings (SSSR count). The Hall–Kier alpha value is -2.04. The SMILES string of the molecule is CNCCC#Cc1ccc2c(c1)C(C)(C)c1ccccc1-2. The average Bonchev–Trinajstić information content (AvgIpc) is 2.73. The van der Waals surface area contributed by atoms with Crippen molar-refractivity contribution in [3.63, 3.8) is 0 Å². The first-order chi connectivity index (χ1) is 10.1. The van der Waals surface area contributed by atoms with Gasteiger partial charge in [-0.3, -0.25) is 0 Å². The standard InChI is InChI=1S/C20H21N/c1-20(2)18-10-5-4-9-16(18)17-12-11-15(14-19(17)20)8-6-7-13-21-3/h4-5,9-12,14,21H,7,13H2,1-3H3. The molecule has 106 valence electrons. The lowest BCUT2D eigenvalue weighted by Crippen LogP contribution is -2.14. The molecule has 2 aromatic carbocycles. The number of nitrogens with one attached hydrogen (secondary N) is 1. The topological polar surface area (TPSA) is 12.0 Å². The van der Waals surface area contributed by atoms with Gasteiger partial charge in [-0.25, -0.2) is 0 Å². The van der Waals surface area contributed by atoms with Crippen LogP contribution in [0.1, 0.15) is 37.0 Å². The highest BCUT2D eigenvalue weighted by Crippen LogP contribution is 2.48. The van der Waals surface area contributed by atoms with Gasteiger partial charge in [-0.1, -0.05) is 56.0 Å². The molecule has 0 saturated carbocycles. The van der Waals surface area contributed by atoms with Gasteiger partial charge in [0.05, 0.1) is 0 Å². The Bertz CT molecular complexity index is 729. The molecule has 1 nitrogen and oxygen atoms in total. The third-order valence-electron chi connectivity index (χ3n) is 4.32. The van der Waals surface area contributed by atoms with E-state index in [9.17, 15) is 0 Å². The van der Waals surface area contributed by atoms with E-state index in [4.69, 9.17) is 0 Å². The molecular weight excluding hydrogens is 254 g/mol. The Morgan fingerprint density at radius 1 is 1.00 bits per heavy atom. The summed E-state index contributed by atoms with van der Waals surface area (Å²) in [5.41, 5.74) is 6.72. The van der Waals surface area contributed by atoms with Crippen LogP contribution in [0.5, 0.6) is 0 Å². The summed E-state index contributed by atoms with van der Waals surface area (Å²) < 4.78 is 0. The fourth-order valence-corrected chi connectivity index (χ4v) is 3.13. The minimum Gasteiger partial charge on any atom is -0.319 e. The van der Waals surface area contributed by atoms with Crippen LogP contribution >= 0.6 is 0 Å². The van der Waals surface area contributed by atoms with Gasteiger partial charge in [0, 0.05) is 23.9 Å². The van der Waals surface area contributed by atoms with Gasteiger partial charge in [-0.15, -0.1) is 0 Å². The van der Waals surface area contributed by atoms with E-state index in [-0.39, 0.29) is 5.41 Å². The van der Waals surface area contributed by atoms with Crippen molar-refractivity contribution < 1.29 is 0 Å². The quantitative estimate of drug-likeness (QED) is 0.646. The maximum atomic E-state index is 3.28. The summed E-state index contributed by atoms with van der Waals surface area (Å²) in [4.78, 5) is 0. The molecule has 1 N–H and O–H groups in total. The van der Waals surface area contributed by atoms with Crippen LogP contribution in [0.25, 0.3) is 11.1 Å². The zero-order valence-corrected chi connectivity index (χ0v) is 13.0. The Labute approximate surface area is 127 Å². The van der Waals surface area contributed by atoms with Gasteiger partial charge in [0.25, 0.3) is 0 Å². The van der Waals surface area contributed by atoms with Crippen molar-refractivity contribution in [3.05, 3.63) is 59.2 Å². The van der Waals surface area contributed by atoms with Crippen molar-refractivity contribution in [2.75, 3.05) is 13.6 Å². The zero-order chi connectivity index (χ0) is 14.9. The summed E-state index contributed by atoms with van der Waals surface area (Å²) in [6, 6.07) is 15.4. The minimum atomic E-state index is 0.0641. The molecular formula is C20H21N. The fraction of sp³-hybridized carbons (Fsp3) is 0.300. The van der Waals surface area contributed by atoms with Gasteiger partial charge in [-0.2, -0.15) is 0 Å². The van der Waals surface area contributed by atoms with E-state index in [1.165, 1.54) is 22.3 Å². The van der Waals surface area contributed by atoms with Gasteiger partial charge in [0.15, 0.2) is 0 Å². The van der Waals surface area contributed by atoms with Gasteiger partial charge < -0.3 is 5.32 Å². The van der Waals surface area contributed by atoms with E-state index in [1.54, 1.807) is 0 Å². The molecule has 0 unspecified atom stereocenters. The summed E-state index contributed by atoms with van der Waals surface area (Å²) in [6.07, 6.45) is 0.886. The first kappa shape index (κ1) is 13.9. The molecule has 1 aliphatic rings. The van der Waals surface area contributed by atoms with Gasteiger partial charge >= 0.3 is 0 Å². The fourth-order valence-electron chi connectivity index (χ4n) is 3.13. The van der Waals surface area contributed by atoms with E-state index in [0.29, 0.717) is 0 Å². The van der Waals surface area contributed by atoms with E-state index < -0.39 is 0 Å². The largest absolute Gasteiger partial charge is 0.319 e. The van der Waals surface area contributed by atoms with E-state index in [1.807, 2.05) is 7.05 Å². The summed E-state index contributed by atoms with van der Waals surface area (Å²) in [5.74, 6) is 6.51. The van der Waals surface area contributed by atoms with Crippen molar-refractivity contribution in [2.24, 2.45) is 0 Å². The Balaban J connectivity index is 2.01. The molecule has 0 spiro atoms. The van der Waals surface area contributed by atoms with Gasteiger partial charge in [-0.05, 0) is 41.4 Å². The molecule has 1 aliphatic carbocycles. The second kappa shape index (κ2) is 5.39. The second-order valence-electron chi connectivity index (χ2n) is 6.09. The number of benzene rings is 2. The third kappa shape index (κ3) is 2.37. The first-order valence-corrected chi connectivity index (χ1v) is 7.52. The van der Waals surface area contributed by atoms with Crippen molar-refractivity contribution in [1.29, 1.82) is 0 Å². The predicted molar refractivity (Wildman–Crippen MR) is 89.4 cm³/mol. The van der Waals surface area contributed by atoms with Crippen molar-refractivity contribution >= 4 is 0 Å². The van der Waals surface area contributed by atoms with Crippen LogP contribution in [-0.2, 0) is 5.41 Å². The minimum absolute atomic E-state index is 0.0641. The molecule has 0 aliphatic heterocycles. The summed E-state index contributed by atoms with van der Waals surface area (Å²) in [5, 5.41) is 3.12. The second-order valence-corrected chi connectivity index (χ2v) is 6.09. The normalized spacial score (nSPS) is 14.0. The Morgan fingerprint density at radius 3 is 2.57 bits per heavy atom. The molecule has 21 heavy (non-hydrogen) atoms. The Morgan fingerprint density at radius 2 is 1.76 bits per heavy atom. The first-order valence-electron chi connectivity index (χ1n) is 7.52. The lowest BCUT2D eigenvalue weighted by Gasteiger charge is -2.21. The predicted octanol–water partition coefficient (Wildman–Crippen LogP) is 3.95. The lowest BCUT2D eigenvalue weighted by atomic mass is 9.82. The maximum Gasteiger partial charge on any atom is 0.0248 e. The van der Waals surface area contributed by atoms with Gasteiger partial charge in [0.1, 0.15) is 0 Å². The van der Waals surface area contributed by atoms with Crippen LogP contribution in [0.2, 0.25) is 0 Å².